The summed E-state index contributed by atoms with van der Waals surface area (Å²) in [6.45, 7) is 3.63. The first-order chi connectivity index (χ1) is 10.1. The maximum atomic E-state index is 11.5. The van der Waals surface area contributed by atoms with Crippen molar-refractivity contribution < 1.29 is 19.7 Å². The lowest BCUT2D eigenvalue weighted by atomic mass is 9.94. The molecule has 0 aliphatic carbocycles. The summed E-state index contributed by atoms with van der Waals surface area (Å²) in [7, 11) is 0. The van der Waals surface area contributed by atoms with E-state index in [1.54, 1.807) is 6.92 Å². The average Bonchev–Trinajstić information content (AvgIpc) is 2.51. The second kappa shape index (κ2) is 13.1. The van der Waals surface area contributed by atoms with E-state index in [0.29, 0.717) is 6.42 Å². The summed E-state index contributed by atoms with van der Waals surface area (Å²) >= 11 is 0. The first kappa shape index (κ1) is 20.4. The average molecular weight is 302 g/mol. The van der Waals surface area contributed by atoms with Crippen LogP contribution in [0.4, 0.5) is 0 Å². The molecule has 2 N–H and O–H groups in total. The van der Waals surface area contributed by atoms with E-state index >= 15 is 0 Å². The second-order valence-corrected chi connectivity index (χ2v) is 6.37. The number of ether oxygens (including phenoxy) is 1. The van der Waals surface area contributed by atoms with E-state index in [1.807, 2.05) is 0 Å². The molecular formula is C17H34O4. The van der Waals surface area contributed by atoms with Crippen molar-refractivity contribution in [2.24, 2.45) is 5.41 Å². The molecule has 0 aromatic heterocycles. The van der Waals surface area contributed by atoms with Gasteiger partial charge in [-0.05, 0) is 6.42 Å². The SMILES string of the molecule is CCCCCCCCCCCC(=O)OCC(C)(CO)CO. The minimum atomic E-state index is -0.728. The van der Waals surface area contributed by atoms with Gasteiger partial charge in [0.2, 0.25) is 0 Å². The number of aliphatic hydroxyl groups is 2. The molecule has 0 aromatic carbocycles. The van der Waals surface area contributed by atoms with Gasteiger partial charge in [-0.3, -0.25) is 4.79 Å². The van der Waals surface area contributed by atoms with E-state index in [1.165, 1.54) is 44.9 Å². The third kappa shape index (κ3) is 11.7. The molecular weight excluding hydrogens is 268 g/mol. The van der Waals surface area contributed by atoms with Crippen LogP contribution in [-0.4, -0.2) is 36.0 Å². The van der Waals surface area contributed by atoms with Gasteiger partial charge < -0.3 is 14.9 Å². The Hall–Kier alpha value is -0.610. The standard InChI is InChI=1S/C17H34O4/c1-3-4-5-6-7-8-9-10-11-12-16(20)21-15-17(2,13-18)14-19/h18-19H,3-15H2,1-2H3. The van der Waals surface area contributed by atoms with E-state index in [0.717, 1.165) is 12.8 Å². The van der Waals surface area contributed by atoms with Crippen molar-refractivity contribution in [2.45, 2.75) is 78.1 Å². The Balaban J connectivity index is 3.42. The van der Waals surface area contributed by atoms with Crippen molar-refractivity contribution >= 4 is 5.97 Å². The Labute approximate surface area is 129 Å². The van der Waals surface area contributed by atoms with Crippen LogP contribution in [0.25, 0.3) is 0 Å². The third-order valence-electron chi connectivity index (χ3n) is 3.83. The summed E-state index contributed by atoms with van der Waals surface area (Å²) in [5, 5.41) is 18.2. The van der Waals surface area contributed by atoms with Gasteiger partial charge in [0.05, 0.1) is 13.2 Å². The molecule has 0 aromatic rings. The number of esters is 1. The Morgan fingerprint density at radius 3 is 1.86 bits per heavy atom. The molecule has 0 aliphatic heterocycles. The molecule has 0 bridgehead atoms. The van der Waals surface area contributed by atoms with E-state index in [-0.39, 0.29) is 25.8 Å². The van der Waals surface area contributed by atoms with Crippen LogP contribution >= 0.6 is 0 Å². The van der Waals surface area contributed by atoms with E-state index < -0.39 is 5.41 Å². The van der Waals surface area contributed by atoms with E-state index in [4.69, 9.17) is 14.9 Å². The highest BCUT2D eigenvalue weighted by Gasteiger charge is 2.24. The fourth-order valence-electron chi connectivity index (χ4n) is 2.05. The zero-order chi connectivity index (χ0) is 16.0. The van der Waals surface area contributed by atoms with E-state index in [9.17, 15) is 4.79 Å². The molecule has 0 saturated carbocycles. The molecule has 4 nitrogen and oxygen atoms in total. The first-order valence-electron chi connectivity index (χ1n) is 8.45. The van der Waals surface area contributed by atoms with Crippen molar-refractivity contribution in [2.75, 3.05) is 19.8 Å². The van der Waals surface area contributed by atoms with Gasteiger partial charge in [0.25, 0.3) is 0 Å². The molecule has 0 rings (SSSR count). The van der Waals surface area contributed by atoms with Gasteiger partial charge >= 0.3 is 5.97 Å². The van der Waals surface area contributed by atoms with Crippen molar-refractivity contribution in [3.05, 3.63) is 0 Å². The molecule has 0 amide bonds. The maximum absolute atomic E-state index is 11.5. The predicted molar refractivity (Wildman–Crippen MR) is 85.1 cm³/mol. The van der Waals surface area contributed by atoms with Gasteiger partial charge in [-0.2, -0.15) is 0 Å². The summed E-state index contributed by atoms with van der Waals surface area (Å²) in [6.07, 6.45) is 11.4. The number of aliphatic hydroxyl groups excluding tert-OH is 2. The summed E-state index contributed by atoms with van der Waals surface area (Å²) in [4.78, 5) is 11.5. The van der Waals surface area contributed by atoms with Gasteiger partial charge in [-0.25, -0.2) is 0 Å². The van der Waals surface area contributed by atoms with Crippen molar-refractivity contribution in [3.8, 4) is 0 Å². The summed E-state index contributed by atoms with van der Waals surface area (Å²) in [6, 6.07) is 0. The van der Waals surface area contributed by atoms with Crippen LogP contribution in [0.15, 0.2) is 0 Å². The van der Waals surface area contributed by atoms with Crippen LogP contribution in [0.3, 0.4) is 0 Å². The lowest BCUT2D eigenvalue weighted by molar-refractivity contribution is -0.149. The minimum absolute atomic E-state index is 0.0796. The van der Waals surface area contributed by atoms with Gasteiger partial charge in [0, 0.05) is 11.8 Å². The number of carbonyl (C=O) groups is 1. The predicted octanol–water partition coefficient (Wildman–Crippen LogP) is 3.44. The third-order valence-corrected chi connectivity index (χ3v) is 3.83. The highest BCUT2D eigenvalue weighted by Crippen LogP contribution is 2.15. The van der Waals surface area contributed by atoms with Crippen LogP contribution in [-0.2, 0) is 9.53 Å². The lowest BCUT2D eigenvalue weighted by Crippen LogP contribution is -2.32. The largest absolute Gasteiger partial charge is 0.465 e. The Bertz CT molecular complexity index is 249. The van der Waals surface area contributed by atoms with Gasteiger partial charge in [-0.15, -0.1) is 0 Å². The molecule has 21 heavy (non-hydrogen) atoms. The number of unbranched alkanes of at least 4 members (excludes halogenated alkanes) is 8. The highest BCUT2D eigenvalue weighted by atomic mass is 16.5. The minimum Gasteiger partial charge on any atom is -0.465 e. The molecule has 0 saturated heterocycles. The summed E-state index contributed by atoms with van der Waals surface area (Å²) < 4.78 is 5.10. The summed E-state index contributed by atoms with van der Waals surface area (Å²) in [5.74, 6) is -0.230. The fraction of sp³-hybridized carbons (Fsp3) is 0.941. The molecule has 0 aliphatic rings. The lowest BCUT2D eigenvalue weighted by Gasteiger charge is -2.23. The van der Waals surface area contributed by atoms with Crippen LogP contribution in [0, 0.1) is 5.41 Å². The normalized spacial score (nSPS) is 11.6. The quantitative estimate of drug-likeness (QED) is 0.381. The van der Waals surface area contributed by atoms with Crippen molar-refractivity contribution in [1.29, 1.82) is 0 Å². The molecule has 0 heterocycles. The Kier molecular flexibility index (Phi) is 12.7. The van der Waals surface area contributed by atoms with Crippen LogP contribution in [0.2, 0.25) is 0 Å². The highest BCUT2D eigenvalue weighted by molar-refractivity contribution is 5.69. The smallest absolute Gasteiger partial charge is 0.305 e. The monoisotopic (exact) mass is 302 g/mol. The zero-order valence-electron chi connectivity index (χ0n) is 13.9. The van der Waals surface area contributed by atoms with Gasteiger partial charge in [-0.1, -0.05) is 65.2 Å². The van der Waals surface area contributed by atoms with Gasteiger partial charge in [0.1, 0.15) is 6.61 Å². The fourth-order valence-corrected chi connectivity index (χ4v) is 2.05. The number of carbonyl (C=O) groups excluding carboxylic acids is 1. The number of hydrogen-bond acceptors (Lipinski definition) is 4. The zero-order valence-corrected chi connectivity index (χ0v) is 13.9. The number of hydrogen-bond donors (Lipinski definition) is 2. The van der Waals surface area contributed by atoms with E-state index in [2.05, 4.69) is 6.92 Å². The van der Waals surface area contributed by atoms with Gasteiger partial charge in [0.15, 0.2) is 0 Å². The molecule has 4 heteroatoms. The molecule has 0 radical (unpaired) electrons. The molecule has 0 fully saturated rings. The number of rotatable bonds is 14. The van der Waals surface area contributed by atoms with Crippen LogP contribution < -0.4 is 0 Å². The second-order valence-electron chi connectivity index (χ2n) is 6.37. The van der Waals surface area contributed by atoms with Crippen molar-refractivity contribution in [3.63, 3.8) is 0 Å². The molecule has 0 unspecified atom stereocenters. The maximum Gasteiger partial charge on any atom is 0.305 e. The molecule has 126 valence electrons. The Morgan fingerprint density at radius 1 is 0.905 bits per heavy atom. The first-order valence-corrected chi connectivity index (χ1v) is 8.45. The van der Waals surface area contributed by atoms with Crippen molar-refractivity contribution in [1.82, 2.24) is 0 Å². The summed E-state index contributed by atoms with van der Waals surface area (Å²) in [5.41, 5.74) is -0.728. The van der Waals surface area contributed by atoms with Crippen LogP contribution in [0.5, 0.6) is 0 Å². The van der Waals surface area contributed by atoms with Crippen LogP contribution in [0.1, 0.15) is 78.1 Å². The topological polar surface area (TPSA) is 66.8 Å². The Morgan fingerprint density at radius 2 is 1.38 bits per heavy atom. The molecule has 0 spiro atoms. The molecule has 0 atom stereocenters.